The van der Waals surface area contributed by atoms with Crippen molar-refractivity contribution >= 4 is 27.1 Å². The summed E-state index contributed by atoms with van der Waals surface area (Å²) < 4.78 is 30.3. The Morgan fingerprint density at radius 3 is 2.44 bits per heavy atom. The summed E-state index contributed by atoms with van der Waals surface area (Å²) in [7, 11) is -3.90. The molecule has 0 fully saturated rings. The van der Waals surface area contributed by atoms with Gasteiger partial charge in [0.15, 0.2) is 5.76 Å². The third-order valence-corrected chi connectivity index (χ3v) is 5.36. The van der Waals surface area contributed by atoms with Gasteiger partial charge in [0, 0.05) is 17.8 Å². The molecule has 0 aliphatic rings. The molecule has 3 aromatic rings. The first-order valence-corrected chi connectivity index (χ1v) is 9.23. The first-order chi connectivity index (χ1) is 12.8. The fraction of sp³-hybridized carbons (Fsp3) is 0.0556. The Balaban J connectivity index is 1.83. The molecule has 0 bridgehead atoms. The molecule has 1 amide bonds. The Hall–Kier alpha value is -3.46. The van der Waals surface area contributed by atoms with Gasteiger partial charge in [-0.2, -0.15) is 0 Å². The average molecular weight is 386 g/mol. The average Bonchev–Trinajstić information content (AvgIpc) is 3.13. The molecular formula is C18H14N2O6S. The van der Waals surface area contributed by atoms with Gasteiger partial charge in [0.25, 0.3) is 11.6 Å². The Kier molecular flexibility index (Phi) is 4.78. The fourth-order valence-corrected chi connectivity index (χ4v) is 3.48. The van der Waals surface area contributed by atoms with Gasteiger partial charge in [0.1, 0.15) is 0 Å². The maximum Gasteiger partial charge on any atom is 0.291 e. The van der Waals surface area contributed by atoms with Gasteiger partial charge >= 0.3 is 0 Å². The van der Waals surface area contributed by atoms with Crippen molar-refractivity contribution in [3.63, 3.8) is 0 Å². The van der Waals surface area contributed by atoms with Gasteiger partial charge in [-0.15, -0.1) is 0 Å². The minimum Gasteiger partial charge on any atom is -0.439 e. The number of benzene rings is 2. The Morgan fingerprint density at radius 2 is 1.78 bits per heavy atom. The molecule has 8 nitrogen and oxygen atoms in total. The third-order valence-electron chi connectivity index (χ3n) is 3.72. The Labute approximate surface area is 154 Å². The minimum atomic E-state index is -3.90. The zero-order chi connectivity index (χ0) is 19.6. The second-order valence-electron chi connectivity index (χ2n) is 5.70. The number of hydrogen-bond donors (Lipinski definition) is 1. The van der Waals surface area contributed by atoms with Crippen LogP contribution in [-0.4, -0.2) is 19.2 Å². The number of hydrogen-bond acceptors (Lipinski definition) is 6. The number of nitro benzene ring substituents is 1. The van der Waals surface area contributed by atoms with Crippen LogP contribution in [0.2, 0.25) is 0 Å². The molecular weight excluding hydrogens is 372 g/mol. The predicted molar refractivity (Wildman–Crippen MR) is 96.4 cm³/mol. The number of nitrogens with one attached hydrogen (secondary N) is 1. The van der Waals surface area contributed by atoms with Crippen LogP contribution in [0, 0.1) is 17.0 Å². The van der Waals surface area contributed by atoms with Crippen LogP contribution in [0.5, 0.6) is 0 Å². The SMILES string of the molecule is Cc1ccc(S(=O)(=O)c2ccc(C(=O)Nc3cccc([N+](=O)[O-])c3)o2)cc1. The largest absolute Gasteiger partial charge is 0.439 e. The van der Waals surface area contributed by atoms with Crippen LogP contribution in [0.15, 0.2) is 75.1 Å². The van der Waals surface area contributed by atoms with Crippen LogP contribution < -0.4 is 5.32 Å². The van der Waals surface area contributed by atoms with Crippen LogP contribution in [-0.2, 0) is 9.84 Å². The lowest BCUT2D eigenvalue weighted by molar-refractivity contribution is -0.384. The van der Waals surface area contributed by atoms with Crippen LogP contribution in [0.25, 0.3) is 0 Å². The number of anilines is 1. The molecule has 0 saturated carbocycles. The number of amides is 1. The standard InChI is InChI=1S/C18H14N2O6S/c1-12-5-7-15(8-6-12)27(24,25)17-10-9-16(26-17)18(21)19-13-3-2-4-14(11-13)20(22)23/h2-11H,1H3,(H,19,21). The Morgan fingerprint density at radius 1 is 1.07 bits per heavy atom. The zero-order valence-electron chi connectivity index (χ0n) is 14.1. The zero-order valence-corrected chi connectivity index (χ0v) is 14.9. The van der Waals surface area contributed by atoms with Crippen molar-refractivity contribution in [2.24, 2.45) is 0 Å². The highest BCUT2D eigenvalue weighted by Gasteiger charge is 2.23. The molecule has 0 aliphatic carbocycles. The van der Waals surface area contributed by atoms with E-state index in [0.29, 0.717) is 0 Å². The molecule has 0 radical (unpaired) electrons. The number of carbonyl (C=O) groups excluding carboxylic acids is 1. The van der Waals surface area contributed by atoms with Crippen molar-refractivity contribution in [1.82, 2.24) is 0 Å². The van der Waals surface area contributed by atoms with E-state index in [1.807, 2.05) is 6.92 Å². The third kappa shape index (κ3) is 3.87. The molecule has 2 aromatic carbocycles. The van der Waals surface area contributed by atoms with E-state index in [9.17, 15) is 23.3 Å². The summed E-state index contributed by atoms with van der Waals surface area (Å²) in [6.07, 6.45) is 0. The molecule has 1 heterocycles. The summed E-state index contributed by atoms with van der Waals surface area (Å²) in [5, 5.41) is 12.9. The van der Waals surface area contributed by atoms with Gasteiger partial charge < -0.3 is 9.73 Å². The molecule has 3 rings (SSSR count). The van der Waals surface area contributed by atoms with E-state index in [0.717, 1.165) is 5.56 Å². The molecule has 27 heavy (non-hydrogen) atoms. The number of furan rings is 1. The van der Waals surface area contributed by atoms with Gasteiger partial charge in [-0.25, -0.2) is 8.42 Å². The number of nitro groups is 1. The molecule has 138 valence electrons. The van der Waals surface area contributed by atoms with Crippen molar-refractivity contribution in [1.29, 1.82) is 0 Å². The minimum absolute atomic E-state index is 0.0492. The smallest absolute Gasteiger partial charge is 0.291 e. The predicted octanol–water partition coefficient (Wildman–Crippen LogP) is 3.58. The van der Waals surface area contributed by atoms with E-state index in [1.54, 1.807) is 12.1 Å². The van der Waals surface area contributed by atoms with Crippen LogP contribution in [0.3, 0.4) is 0 Å². The number of rotatable bonds is 5. The monoisotopic (exact) mass is 386 g/mol. The molecule has 1 aromatic heterocycles. The number of nitrogens with zero attached hydrogens (tertiary/aromatic N) is 1. The topological polar surface area (TPSA) is 120 Å². The maximum absolute atomic E-state index is 12.6. The molecule has 0 atom stereocenters. The number of non-ortho nitro benzene ring substituents is 1. The summed E-state index contributed by atoms with van der Waals surface area (Å²) in [6.45, 7) is 1.83. The van der Waals surface area contributed by atoms with Gasteiger partial charge in [-0.3, -0.25) is 14.9 Å². The lowest BCUT2D eigenvalue weighted by atomic mass is 10.2. The molecule has 9 heteroatoms. The molecule has 0 aliphatic heterocycles. The maximum atomic E-state index is 12.6. The van der Waals surface area contributed by atoms with Crippen LogP contribution in [0.1, 0.15) is 16.1 Å². The summed E-state index contributed by atoms with van der Waals surface area (Å²) in [4.78, 5) is 22.5. The highest BCUT2D eigenvalue weighted by Crippen LogP contribution is 2.24. The molecule has 1 N–H and O–H groups in total. The summed E-state index contributed by atoms with van der Waals surface area (Å²) in [6, 6.07) is 14.0. The molecule has 0 saturated heterocycles. The quantitative estimate of drug-likeness (QED) is 0.529. The van der Waals surface area contributed by atoms with Crippen molar-refractivity contribution in [3.8, 4) is 0 Å². The van der Waals surface area contributed by atoms with Gasteiger partial charge in [0.2, 0.25) is 14.9 Å². The summed E-state index contributed by atoms with van der Waals surface area (Å²) in [5.41, 5.74) is 0.911. The highest BCUT2D eigenvalue weighted by atomic mass is 32.2. The van der Waals surface area contributed by atoms with Crippen LogP contribution >= 0.6 is 0 Å². The lowest BCUT2D eigenvalue weighted by Crippen LogP contribution is -2.11. The van der Waals surface area contributed by atoms with Crippen molar-refractivity contribution in [3.05, 3.63) is 82.1 Å². The molecule has 0 unspecified atom stereocenters. The lowest BCUT2D eigenvalue weighted by Gasteiger charge is -2.03. The van der Waals surface area contributed by atoms with Gasteiger partial charge in [-0.1, -0.05) is 23.8 Å². The number of sulfone groups is 1. The van der Waals surface area contributed by atoms with E-state index >= 15 is 0 Å². The van der Waals surface area contributed by atoms with Crippen molar-refractivity contribution < 1.29 is 22.6 Å². The second kappa shape index (κ2) is 7.04. The number of aryl methyl sites for hydroxylation is 1. The fourth-order valence-electron chi connectivity index (χ4n) is 2.31. The summed E-state index contributed by atoms with van der Waals surface area (Å²) in [5.74, 6) is -0.951. The van der Waals surface area contributed by atoms with E-state index in [2.05, 4.69) is 5.32 Å². The van der Waals surface area contributed by atoms with Crippen molar-refractivity contribution in [2.75, 3.05) is 5.32 Å². The normalized spacial score (nSPS) is 11.1. The van der Waals surface area contributed by atoms with Crippen molar-refractivity contribution in [2.45, 2.75) is 16.9 Å². The second-order valence-corrected chi connectivity index (χ2v) is 7.58. The highest BCUT2D eigenvalue weighted by molar-refractivity contribution is 7.91. The van der Waals surface area contributed by atoms with E-state index < -0.39 is 20.7 Å². The van der Waals surface area contributed by atoms with E-state index in [4.69, 9.17) is 4.42 Å². The Bertz CT molecular complexity index is 1120. The number of carbonyl (C=O) groups is 1. The van der Waals surface area contributed by atoms with E-state index in [-0.39, 0.29) is 27.1 Å². The van der Waals surface area contributed by atoms with Gasteiger partial charge in [0.05, 0.1) is 9.82 Å². The van der Waals surface area contributed by atoms with Crippen LogP contribution in [0.4, 0.5) is 11.4 Å². The van der Waals surface area contributed by atoms with Gasteiger partial charge in [-0.05, 0) is 37.3 Å². The van der Waals surface area contributed by atoms with E-state index in [1.165, 1.54) is 48.5 Å². The summed E-state index contributed by atoms with van der Waals surface area (Å²) >= 11 is 0. The first kappa shape index (κ1) is 18.3. The molecule has 0 spiro atoms. The first-order valence-electron chi connectivity index (χ1n) is 7.75.